The Labute approximate surface area is 177 Å². The fourth-order valence-corrected chi connectivity index (χ4v) is 3.53. The molecule has 0 saturated carbocycles. The summed E-state index contributed by atoms with van der Waals surface area (Å²) in [6, 6.07) is 18.4. The van der Waals surface area contributed by atoms with Gasteiger partial charge < -0.3 is 9.47 Å². The molecule has 144 valence electrons. The summed E-state index contributed by atoms with van der Waals surface area (Å²) < 4.78 is 12.8. The van der Waals surface area contributed by atoms with Gasteiger partial charge >= 0.3 is 0 Å². The van der Waals surface area contributed by atoms with Gasteiger partial charge in [0.25, 0.3) is 0 Å². The van der Waals surface area contributed by atoms with Crippen LogP contribution >= 0.6 is 22.6 Å². The molecule has 0 aliphatic heterocycles. The van der Waals surface area contributed by atoms with E-state index in [9.17, 15) is 4.79 Å². The van der Waals surface area contributed by atoms with E-state index in [-0.39, 0.29) is 5.91 Å². The second-order valence-corrected chi connectivity index (χ2v) is 7.32. The molecule has 1 N–H and O–H groups in total. The molecule has 3 rings (SSSR count). The Morgan fingerprint density at radius 2 is 1.89 bits per heavy atom. The highest BCUT2D eigenvalue weighted by Crippen LogP contribution is 2.34. The maximum absolute atomic E-state index is 11.0. The maximum atomic E-state index is 11.0. The van der Waals surface area contributed by atoms with Gasteiger partial charge in [0.1, 0.15) is 6.61 Å². The number of hydrogen-bond donors (Lipinski definition) is 1. The highest BCUT2D eigenvalue weighted by molar-refractivity contribution is 14.1. The highest BCUT2D eigenvalue weighted by atomic mass is 127. The minimum absolute atomic E-state index is 0.216. The standard InChI is InChI=1S/C22H21IN2O3/c1-3-27-21-12-17(13-24-25-15(2)26)11-20(23)22(21)28-14-16-8-9-18-6-4-5-7-19(18)10-16/h4-13H,3,14H2,1-2H3,(H,25,26)/b24-13-. The van der Waals surface area contributed by atoms with Crippen molar-refractivity contribution in [3.8, 4) is 11.5 Å². The first-order valence-corrected chi connectivity index (χ1v) is 10.0. The Hall–Kier alpha value is -2.61. The molecule has 1 amide bonds. The van der Waals surface area contributed by atoms with Crippen molar-refractivity contribution in [2.45, 2.75) is 20.5 Å². The summed E-state index contributed by atoms with van der Waals surface area (Å²) in [4.78, 5) is 11.0. The summed E-state index contributed by atoms with van der Waals surface area (Å²) in [6.07, 6.45) is 1.58. The van der Waals surface area contributed by atoms with Crippen molar-refractivity contribution < 1.29 is 14.3 Å². The average Bonchev–Trinajstić information content (AvgIpc) is 2.67. The first kappa shape index (κ1) is 20.1. The van der Waals surface area contributed by atoms with Gasteiger partial charge in [0.05, 0.1) is 16.4 Å². The zero-order valence-corrected chi connectivity index (χ0v) is 17.9. The van der Waals surface area contributed by atoms with Crippen LogP contribution in [0.1, 0.15) is 25.0 Å². The number of nitrogens with zero attached hydrogens (tertiary/aromatic N) is 1. The minimum atomic E-state index is -0.216. The number of carbonyl (C=O) groups excluding carboxylic acids is 1. The predicted molar refractivity (Wildman–Crippen MR) is 120 cm³/mol. The van der Waals surface area contributed by atoms with Crippen LogP contribution in [0.2, 0.25) is 0 Å². The molecule has 0 unspecified atom stereocenters. The molecular weight excluding hydrogens is 467 g/mol. The number of ether oxygens (including phenoxy) is 2. The second kappa shape index (κ2) is 9.54. The minimum Gasteiger partial charge on any atom is -0.490 e. The van der Waals surface area contributed by atoms with Gasteiger partial charge in [0.15, 0.2) is 11.5 Å². The van der Waals surface area contributed by atoms with Crippen LogP contribution in [0, 0.1) is 3.57 Å². The van der Waals surface area contributed by atoms with E-state index in [0.29, 0.717) is 24.7 Å². The van der Waals surface area contributed by atoms with Gasteiger partial charge in [-0.3, -0.25) is 4.79 Å². The third-order valence-corrected chi connectivity index (χ3v) is 4.77. The number of fused-ring (bicyclic) bond motifs is 1. The van der Waals surface area contributed by atoms with Crippen LogP contribution in [0.4, 0.5) is 0 Å². The van der Waals surface area contributed by atoms with Gasteiger partial charge in [-0.25, -0.2) is 5.43 Å². The summed E-state index contributed by atoms with van der Waals surface area (Å²) in [5, 5.41) is 6.31. The fraction of sp³-hybridized carbons (Fsp3) is 0.182. The molecule has 0 radical (unpaired) electrons. The second-order valence-electron chi connectivity index (χ2n) is 6.16. The molecule has 0 aliphatic rings. The van der Waals surface area contributed by atoms with Gasteiger partial charge in [-0.05, 0) is 69.6 Å². The third kappa shape index (κ3) is 5.22. The number of rotatable bonds is 7. The lowest BCUT2D eigenvalue weighted by molar-refractivity contribution is -0.118. The predicted octanol–water partition coefficient (Wildman–Crippen LogP) is 4.89. The molecule has 28 heavy (non-hydrogen) atoms. The Morgan fingerprint density at radius 3 is 2.64 bits per heavy atom. The van der Waals surface area contributed by atoms with Crippen LogP contribution in [0.5, 0.6) is 11.5 Å². The highest BCUT2D eigenvalue weighted by Gasteiger charge is 2.12. The first-order valence-electron chi connectivity index (χ1n) is 8.93. The van der Waals surface area contributed by atoms with Crippen LogP contribution in [-0.2, 0) is 11.4 Å². The van der Waals surface area contributed by atoms with Gasteiger partial charge in [-0.15, -0.1) is 0 Å². The van der Waals surface area contributed by atoms with Gasteiger partial charge in [-0.2, -0.15) is 5.10 Å². The van der Waals surface area contributed by atoms with E-state index in [1.807, 2.05) is 31.2 Å². The molecule has 3 aromatic carbocycles. The van der Waals surface area contributed by atoms with Crippen molar-refractivity contribution in [3.05, 3.63) is 69.3 Å². The Balaban J connectivity index is 1.81. The maximum Gasteiger partial charge on any atom is 0.236 e. The Morgan fingerprint density at radius 1 is 1.11 bits per heavy atom. The van der Waals surface area contributed by atoms with Gasteiger partial charge in [-0.1, -0.05) is 36.4 Å². The normalized spacial score (nSPS) is 11.0. The van der Waals surface area contributed by atoms with E-state index >= 15 is 0 Å². The van der Waals surface area contributed by atoms with Crippen LogP contribution in [0.15, 0.2) is 59.7 Å². The summed E-state index contributed by atoms with van der Waals surface area (Å²) in [5.41, 5.74) is 4.31. The number of nitrogens with one attached hydrogen (secondary N) is 1. The Bertz CT molecular complexity index is 1020. The summed E-state index contributed by atoms with van der Waals surface area (Å²) in [6.45, 7) is 4.31. The largest absolute Gasteiger partial charge is 0.490 e. The molecule has 0 bridgehead atoms. The molecule has 0 fully saturated rings. The monoisotopic (exact) mass is 488 g/mol. The SMILES string of the molecule is CCOc1cc(/C=N\NC(C)=O)cc(I)c1OCc1ccc2ccccc2c1. The lowest BCUT2D eigenvalue weighted by Crippen LogP contribution is -2.12. The molecule has 0 heterocycles. The topological polar surface area (TPSA) is 59.9 Å². The lowest BCUT2D eigenvalue weighted by Gasteiger charge is -2.15. The van der Waals surface area contributed by atoms with Gasteiger partial charge in [0, 0.05) is 6.92 Å². The fourth-order valence-electron chi connectivity index (χ4n) is 2.75. The van der Waals surface area contributed by atoms with E-state index in [0.717, 1.165) is 14.7 Å². The molecule has 0 saturated heterocycles. The van der Waals surface area contributed by atoms with Crippen molar-refractivity contribution >= 4 is 45.5 Å². The Kier molecular flexibility index (Phi) is 6.86. The van der Waals surface area contributed by atoms with E-state index in [2.05, 4.69) is 63.4 Å². The van der Waals surface area contributed by atoms with Crippen molar-refractivity contribution in [3.63, 3.8) is 0 Å². The summed E-state index contributed by atoms with van der Waals surface area (Å²) in [5.74, 6) is 1.14. The number of hydrazone groups is 1. The molecule has 0 aliphatic carbocycles. The molecular formula is C22H21IN2O3. The number of benzene rings is 3. The number of amides is 1. The van der Waals surface area contributed by atoms with Crippen molar-refractivity contribution in [1.82, 2.24) is 5.43 Å². The molecule has 6 heteroatoms. The zero-order valence-electron chi connectivity index (χ0n) is 15.7. The van der Waals surface area contributed by atoms with E-state index < -0.39 is 0 Å². The van der Waals surface area contributed by atoms with E-state index in [4.69, 9.17) is 9.47 Å². The van der Waals surface area contributed by atoms with Gasteiger partial charge in [0.2, 0.25) is 5.91 Å². The summed E-state index contributed by atoms with van der Waals surface area (Å²) >= 11 is 2.22. The average molecular weight is 488 g/mol. The summed E-state index contributed by atoms with van der Waals surface area (Å²) in [7, 11) is 0. The number of hydrogen-bond acceptors (Lipinski definition) is 4. The molecule has 0 aromatic heterocycles. The molecule has 5 nitrogen and oxygen atoms in total. The van der Waals surface area contributed by atoms with Crippen molar-refractivity contribution in [1.29, 1.82) is 0 Å². The smallest absolute Gasteiger partial charge is 0.236 e. The number of halogens is 1. The van der Waals surface area contributed by atoms with Crippen LogP contribution in [0.25, 0.3) is 10.8 Å². The first-order chi connectivity index (χ1) is 13.6. The van der Waals surface area contributed by atoms with E-state index in [1.165, 1.54) is 17.7 Å². The number of carbonyl (C=O) groups is 1. The molecule has 0 atom stereocenters. The van der Waals surface area contributed by atoms with E-state index in [1.54, 1.807) is 6.21 Å². The lowest BCUT2D eigenvalue weighted by atomic mass is 10.1. The van der Waals surface area contributed by atoms with Crippen molar-refractivity contribution in [2.75, 3.05) is 6.61 Å². The van der Waals surface area contributed by atoms with Crippen LogP contribution in [0.3, 0.4) is 0 Å². The molecule has 0 spiro atoms. The zero-order chi connectivity index (χ0) is 19.9. The molecule has 3 aromatic rings. The van der Waals surface area contributed by atoms with Crippen molar-refractivity contribution in [2.24, 2.45) is 5.10 Å². The quantitative estimate of drug-likeness (QED) is 0.293. The van der Waals surface area contributed by atoms with Crippen LogP contribution < -0.4 is 14.9 Å². The van der Waals surface area contributed by atoms with Crippen LogP contribution in [-0.4, -0.2) is 18.7 Å². The third-order valence-electron chi connectivity index (χ3n) is 3.96.